The number of hydrogen-bond donors (Lipinski definition) is 0. The summed E-state index contributed by atoms with van der Waals surface area (Å²) in [6.07, 6.45) is 9.53. The number of rotatable bonds is 4. The zero-order valence-electron chi connectivity index (χ0n) is 15.4. The predicted octanol–water partition coefficient (Wildman–Crippen LogP) is 6.06. The molecule has 1 saturated carbocycles. The Morgan fingerprint density at radius 1 is 0.840 bits per heavy atom. The molecule has 0 N–H and O–H groups in total. The molecule has 129 valence electrons. The Hall–Kier alpha value is -1.64. The van der Waals surface area contributed by atoms with Gasteiger partial charge in [-0.2, -0.15) is 0 Å². The van der Waals surface area contributed by atoms with Crippen LogP contribution in [0.25, 0.3) is 5.57 Å². The van der Waals surface area contributed by atoms with Gasteiger partial charge in [0, 0.05) is 12.1 Å². The van der Waals surface area contributed by atoms with E-state index in [-0.39, 0.29) is 0 Å². The smallest absolute Gasteiger partial charge is 0.131 e. The lowest BCUT2D eigenvalue weighted by Crippen LogP contribution is -2.45. The molecular weight excluding hydrogens is 318 g/mol. The number of benzene rings is 2. The zero-order chi connectivity index (χ0) is 17.2. The van der Waals surface area contributed by atoms with E-state index in [1.807, 2.05) is 0 Å². The van der Waals surface area contributed by atoms with Gasteiger partial charge in [0.05, 0.1) is 0 Å². The van der Waals surface area contributed by atoms with Gasteiger partial charge in [-0.1, -0.05) is 93.0 Å². The van der Waals surface area contributed by atoms with Crippen LogP contribution in [0.2, 0.25) is 13.1 Å². The molecule has 0 amide bonds. The fourth-order valence-corrected chi connectivity index (χ4v) is 6.43. The maximum Gasteiger partial charge on any atom is 0.131 e. The molecular formula is C23H28NSi. The summed E-state index contributed by atoms with van der Waals surface area (Å²) >= 11 is 0. The molecule has 0 aromatic heterocycles. The van der Waals surface area contributed by atoms with Crippen molar-refractivity contribution in [3.63, 3.8) is 0 Å². The molecule has 2 aromatic rings. The Balaban J connectivity index is 1.76. The van der Waals surface area contributed by atoms with Gasteiger partial charge < -0.3 is 4.57 Å². The van der Waals surface area contributed by atoms with Gasteiger partial charge in [-0.15, -0.1) is 0 Å². The van der Waals surface area contributed by atoms with Crippen LogP contribution in [-0.2, 0) is 0 Å². The third-order valence-electron chi connectivity index (χ3n) is 5.76. The SMILES string of the molecule is C[Si](C)N(C1CCCCC1)C1C=C(c2ccccc2)c2ccccc21. The van der Waals surface area contributed by atoms with Gasteiger partial charge in [0.25, 0.3) is 0 Å². The third-order valence-corrected chi connectivity index (χ3v) is 7.44. The molecule has 0 saturated heterocycles. The van der Waals surface area contributed by atoms with Crippen LogP contribution in [0.5, 0.6) is 0 Å². The van der Waals surface area contributed by atoms with E-state index in [1.165, 1.54) is 54.4 Å². The molecule has 0 bridgehead atoms. The van der Waals surface area contributed by atoms with Crippen molar-refractivity contribution in [2.45, 2.75) is 57.3 Å². The quantitative estimate of drug-likeness (QED) is 0.608. The largest absolute Gasteiger partial charge is 0.312 e. The van der Waals surface area contributed by atoms with Crippen molar-refractivity contribution in [3.8, 4) is 0 Å². The first-order valence-electron chi connectivity index (χ1n) is 9.71. The number of nitrogens with zero attached hydrogens (tertiary/aromatic N) is 1. The molecule has 1 unspecified atom stereocenters. The van der Waals surface area contributed by atoms with Crippen molar-refractivity contribution in [1.82, 2.24) is 4.57 Å². The second-order valence-electron chi connectivity index (χ2n) is 7.62. The molecule has 2 aromatic carbocycles. The molecule has 0 spiro atoms. The molecule has 2 heteroatoms. The standard InChI is InChI=1S/C23H28NSi/c1-25(2)24(19-13-7-4-8-14-19)23-17-22(18-11-5-3-6-12-18)20-15-9-10-16-21(20)23/h3,5-6,9-12,15-17,19,23H,4,7-8,13-14H2,1-2H3. The van der Waals surface area contributed by atoms with E-state index in [9.17, 15) is 0 Å². The van der Waals surface area contributed by atoms with Gasteiger partial charge in [0.1, 0.15) is 8.96 Å². The molecule has 1 fully saturated rings. The molecule has 1 atom stereocenters. The Bertz CT molecular complexity index is 744. The Kier molecular flexibility index (Phi) is 4.91. The van der Waals surface area contributed by atoms with E-state index in [1.54, 1.807) is 0 Å². The molecule has 0 aliphatic heterocycles. The fourth-order valence-electron chi connectivity index (χ4n) is 4.67. The van der Waals surface area contributed by atoms with Crippen molar-refractivity contribution in [3.05, 3.63) is 77.4 Å². The summed E-state index contributed by atoms with van der Waals surface area (Å²) in [5.74, 6) is 0. The van der Waals surface area contributed by atoms with Crippen molar-refractivity contribution in [2.24, 2.45) is 0 Å². The minimum absolute atomic E-state index is 0.457. The van der Waals surface area contributed by atoms with Crippen LogP contribution in [-0.4, -0.2) is 19.6 Å². The van der Waals surface area contributed by atoms with Crippen LogP contribution in [0.15, 0.2) is 60.7 Å². The third kappa shape index (κ3) is 3.25. The summed E-state index contributed by atoms with van der Waals surface area (Å²) in [5.41, 5.74) is 5.72. The molecule has 1 nitrogen and oxygen atoms in total. The minimum atomic E-state index is -0.512. The lowest BCUT2D eigenvalue weighted by molar-refractivity contribution is 0.225. The summed E-state index contributed by atoms with van der Waals surface area (Å²) in [5, 5.41) is 0. The van der Waals surface area contributed by atoms with Crippen molar-refractivity contribution < 1.29 is 0 Å². The normalized spacial score (nSPS) is 20.8. The molecule has 25 heavy (non-hydrogen) atoms. The summed E-state index contributed by atoms with van der Waals surface area (Å²) in [4.78, 5) is 0. The monoisotopic (exact) mass is 346 g/mol. The van der Waals surface area contributed by atoms with Gasteiger partial charge in [-0.05, 0) is 35.1 Å². The lowest BCUT2D eigenvalue weighted by Gasteiger charge is -2.41. The topological polar surface area (TPSA) is 3.24 Å². The summed E-state index contributed by atoms with van der Waals surface area (Å²) in [6.45, 7) is 4.94. The maximum atomic E-state index is 2.89. The van der Waals surface area contributed by atoms with E-state index in [2.05, 4.69) is 78.3 Å². The van der Waals surface area contributed by atoms with E-state index < -0.39 is 8.96 Å². The first-order chi connectivity index (χ1) is 12.3. The van der Waals surface area contributed by atoms with Gasteiger partial charge in [-0.25, -0.2) is 0 Å². The summed E-state index contributed by atoms with van der Waals surface area (Å²) in [7, 11) is -0.512. The first-order valence-corrected chi connectivity index (χ1v) is 12.2. The summed E-state index contributed by atoms with van der Waals surface area (Å²) < 4.78 is 2.89. The molecule has 2 aliphatic carbocycles. The fraction of sp³-hybridized carbons (Fsp3) is 0.391. The summed E-state index contributed by atoms with van der Waals surface area (Å²) in [6, 6.07) is 21.2. The van der Waals surface area contributed by atoms with Crippen molar-refractivity contribution in [2.75, 3.05) is 0 Å². The molecule has 1 radical (unpaired) electrons. The van der Waals surface area contributed by atoms with Crippen LogP contribution >= 0.6 is 0 Å². The van der Waals surface area contributed by atoms with E-state index >= 15 is 0 Å². The van der Waals surface area contributed by atoms with Crippen LogP contribution in [0.1, 0.15) is 54.8 Å². The predicted molar refractivity (Wildman–Crippen MR) is 109 cm³/mol. The number of hydrogen-bond acceptors (Lipinski definition) is 1. The Morgan fingerprint density at radius 3 is 2.24 bits per heavy atom. The average Bonchev–Trinajstić information content (AvgIpc) is 3.03. The van der Waals surface area contributed by atoms with E-state index in [0.29, 0.717) is 6.04 Å². The lowest BCUT2D eigenvalue weighted by atomic mass is 9.94. The second-order valence-corrected chi connectivity index (χ2v) is 10.0. The van der Waals surface area contributed by atoms with Gasteiger partial charge in [-0.3, -0.25) is 0 Å². The van der Waals surface area contributed by atoms with E-state index in [0.717, 1.165) is 6.04 Å². The highest BCUT2D eigenvalue weighted by Gasteiger charge is 2.34. The van der Waals surface area contributed by atoms with E-state index in [4.69, 9.17) is 0 Å². The Morgan fingerprint density at radius 2 is 1.52 bits per heavy atom. The molecule has 0 heterocycles. The average molecular weight is 347 g/mol. The van der Waals surface area contributed by atoms with Crippen LogP contribution in [0.4, 0.5) is 0 Å². The zero-order valence-corrected chi connectivity index (χ0v) is 16.4. The van der Waals surface area contributed by atoms with Gasteiger partial charge >= 0.3 is 0 Å². The number of fused-ring (bicyclic) bond motifs is 1. The van der Waals surface area contributed by atoms with Crippen LogP contribution in [0, 0.1) is 0 Å². The highest BCUT2D eigenvalue weighted by molar-refractivity contribution is 6.52. The van der Waals surface area contributed by atoms with Gasteiger partial charge in [0.15, 0.2) is 0 Å². The Labute approximate surface area is 154 Å². The molecule has 4 rings (SSSR count). The molecule has 2 aliphatic rings. The highest BCUT2D eigenvalue weighted by Crippen LogP contribution is 2.43. The first kappa shape index (κ1) is 16.8. The van der Waals surface area contributed by atoms with Crippen molar-refractivity contribution in [1.29, 1.82) is 0 Å². The highest BCUT2D eigenvalue weighted by atomic mass is 28.3. The maximum absolute atomic E-state index is 2.89. The van der Waals surface area contributed by atoms with Crippen molar-refractivity contribution >= 4 is 14.5 Å². The van der Waals surface area contributed by atoms with Crippen LogP contribution in [0.3, 0.4) is 0 Å². The van der Waals surface area contributed by atoms with Gasteiger partial charge in [0.2, 0.25) is 0 Å². The van der Waals surface area contributed by atoms with Crippen LogP contribution < -0.4 is 0 Å². The minimum Gasteiger partial charge on any atom is -0.312 e. The second kappa shape index (κ2) is 7.31.